The van der Waals surface area contributed by atoms with Crippen molar-refractivity contribution < 1.29 is 32.5 Å². The Kier molecular flexibility index (Phi) is 6.88. The molecule has 5 nitrogen and oxygen atoms in total. The van der Waals surface area contributed by atoms with Gasteiger partial charge in [-0.2, -0.15) is 0 Å². The number of methoxy groups -OCH3 is 1. The van der Waals surface area contributed by atoms with Crippen LogP contribution in [0, 0.1) is 0 Å². The zero-order chi connectivity index (χ0) is 22.8. The van der Waals surface area contributed by atoms with Gasteiger partial charge >= 0.3 is 12.3 Å². The summed E-state index contributed by atoms with van der Waals surface area (Å²) >= 11 is 12.9. The van der Waals surface area contributed by atoms with Crippen LogP contribution in [0.2, 0.25) is 10.0 Å². The van der Waals surface area contributed by atoms with Crippen molar-refractivity contribution in [2.24, 2.45) is 4.99 Å². The Bertz CT molecular complexity index is 1110. The van der Waals surface area contributed by atoms with Crippen LogP contribution < -0.4 is 4.74 Å². The van der Waals surface area contributed by atoms with Gasteiger partial charge in [0, 0.05) is 0 Å². The monoisotopic (exact) mass is 489 g/mol. The SMILES string of the molecule is COC(=O)C1=C(O)C(=Cc2ccc(OC(F)(F)F)cc2)SC1=Nc1ccc(Cl)c(Cl)c1. The summed E-state index contributed by atoms with van der Waals surface area (Å²) in [5.74, 6) is -1.56. The highest BCUT2D eigenvalue weighted by Crippen LogP contribution is 2.40. The highest BCUT2D eigenvalue weighted by Gasteiger charge is 2.33. The number of hydrogen-bond acceptors (Lipinski definition) is 6. The van der Waals surface area contributed by atoms with Crippen LogP contribution in [0.3, 0.4) is 0 Å². The number of carbonyl (C=O) groups excluding carboxylic acids is 1. The quantitative estimate of drug-likeness (QED) is 0.484. The van der Waals surface area contributed by atoms with Gasteiger partial charge in [0.05, 0.1) is 27.7 Å². The Morgan fingerprint density at radius 3 is 2.39 bits per heavy atom. The molecule has 1 aliphatic heterocycles. The van der Waals surface area contributed by atoms with Crippen LogP contribution in [0.4, 0.5) is 18.9 Å². The second kappa shape index (κ2) is 9.25. The molecular formula is C20H12Cl2F3NO4S. The van der Waals surface area contributed by atoms with Crippen molar-refractivity contribution in [1.82, 2.24) is 0 Å². The minimum Gasteiger partial charge on any atom is -0.506 e. The van der Waals surface area contributed by atoms with Crippen LogP contribution in [-0.4, -0.2) is 29.6 Å². The van der Waals surface area contributed by atoms with Crippen LogP contribution in [0.5, 0.6) is 5.75 Å². The Labute approximate surface area is 188 Å². The van der Waals surface area contributed by atoms with E-state index in [1.165, 1.54) is 30.3 Å². The predicted octanol–water partition coefficient (Wildman–Crippen LogP) is 6.70. The van der Waals surface area contributed by atoms with Crippen LogP contribution in [0.1, 0.15) is 5.56 Å². The van der Waals surface area contributed by atoms with Crippen molar-refractivity contribution in [1.29, 1.82) is 0 Å². The third-order valence-electron chi connectivity index (χ3n) is 3.83. The molecule has 0 saturated carbocycles. The fourth-order valence-corrected chi connectivity index (χ4v) is 3.81. The van der Waals surface area contributed by atoms with Crippen molar-refractivity contribution >= 4 is 57.7 Å². The smallest absolute Gasteiger partial charge is 0.506 e. The van der Waals surface area contributed by atoms with Crippen molar-refractivity contribution in [2.75, 3.05) is 7.11 Å². The number of aliphatic hydroxyl groups excluding tert-OH is 1. The Morgan fingerprint density at radius 1 is 1.13 bits per heavy atom. The molecule has 2 aromatic rings. The summed E-state index contributed by atoms with van der Waals surface area (Å²) in [6.07, 6.45) is -3.31. The fraction of sp³-hybridized carbons (Fsp3) is 0.100. The van der Waals surface area contributed by atoms with E-state index >= 15 is 0 Å². The summed E-state index contributed by atoms with van der Waals surface area (Å²) in [5.41, 5.74) is 0.700. The lowest BCUT2D eigenvalue weighted by molar-refractivity contribution is -0.274. The lowest BCUT2D eigenvalue weighted by Crippen LogP contribution is -2.16. The summed E-state index contributed by atoms with van der Waals surface area (Å²) in [6, 6.07) is 9.60. The Balaban J connectivity index is 1.95. The number of benzene rings is 2. The topological polar surface area (TPSA) is 68.1 Å². The number of esters is 1. The highest BCUT2D eigenvalue weighted by atomic mass is 35.5. The third-order valence-corrected chi connectivity index (χ3v) is 5.58. The Hall–Kier alpha value is -2.62. The third kappa shape index (κ3) is 5.75. The zero-order valence-corrected chi connectivity index (χ0v) is 17.9. The first-order chi connectivity index (χ1) is 14.6. The van der Waals surface area contributed by atoms with E-state index in [2.05, 4.69) is 9.73 Å². The number of aliphatic hydroxyl groups is 1. The number of alkyl halides is 3. The molecule has 0 aliphatic carbocycles. The first-order valence-corrected chi connectivity index (χ1v) is 9.96. The molecule has 0 spiro atoms. The van der Waals surface area contributed by atoms with Crippen molar-refractivity contribution in [3.8, 4) is 5.75 Å². The molecule has 0 unspecified atom stereocenters. The van der Waals surface area contributed by atoms with Crippen LogP contribution >= 0.6 is 35.0 Å². The lowest BCUT2D eigenvalue weighted by Gasteiger charge is -2.08. The van der Waals surface area contributed by atoms with Gasteiger partial charge in [0.1, 0.15) is 22.1 Å². The average molecular weight is 490 g/mol. The molecule has 1 heterocycles. The maximum Gasteiger partial charge on any atom is 0.573 e. The second-order valence-corrected chi connectivity index (χ2v) is 7.80. The normalized spacial score (nSPS) is 16.8. The predicted molar refractivity (Wildman–Crippen MR) is 114 cm³/mol. The van der Waals surface area contributed by atoms with Crippen molar-refractivity contribution in [3.63, 3.8) is 0 Å². The molecule has 0 saturated heterocycles. The molecular weight excluding hydrogens is 478 g/mol. The van der Waals surface area contributed by atoms with Crippen molar-refractivity contribution in [2.45, 2.75) is 6.36 Å². The van der Waals surface area contributed by atoms with E-state index in [0.29, 0.717) is 16.3 Å². The molecule has 0 radical (unpaired) electrons. The number of halogens is 5. The van der Waals surface area contributed by atoms with Gasteiger partial charge in [-0.3, -0.25) is 0 Å². The van der Waals surface area contributed by atoms with Crippen LogP contribution in [0.25, 0.3) is 6.08 Å². The van der Waals surface area contributed by atoms with E-state index in [4.69, 9.17) is 27.9 Å². The molecule has 0 atom stereocenters. The number of rotatable bonds is 4. The van der Waals surface area contributed by atoms with Gasteiger partial charge in [0.2, 0.25) is 0 Å². The molecule has 31 heavy (non-hydrogen) atoms. The Morgan fingerprint density at radius 2 is 1.81 bits per heavy atom. The molecule has 162 valence electrons. The molecule has 0 aromatic heterocycles. The maximum atomic E-state index is 12.3. The minimum atomic E-state index is -4.80. The summed E-state index contributed by atoms with van der Waals surface area (Å²) < 4.78 is 45.4. The summed E-state index contributed by atoms with van der Waals surface area (Å²) in [6.45, 7) is 0. The molecule has 0 bridgehead atoms. The highest BCUT2D eigenvalue weighted by molar-refractivity contribution is 8.18. The number of hydrogen-bond donors (Lipinski definition) is 1. The van der Waals surface area contributed by atoms with E-state index in [-0.39, 0.29) is 32.1 Å². The number of carbonyl (C=O) groups is 1. The zero-order valence-electron chi connectivity index (χ0n) is 15.5. The molecule has 0 fully saturated rings. The summed E-state index contributed by atoms with van der Waals surface area (Å²) in [4.78, 5) is 16.8. The van der Waals surface area contributed by atoms with Crippen molar-refractivity contribution in [3.05, 3.63) is 74.3 Å². The number of aliphatic imine (C=N–C) groups is 1. The molecule has 2 aromatic carbocycles. The molecule has 1 aliphatic rings. The minimum absolute atomic E-state index is 0.151. The number of thioether (sulfide) groups is 1. The average Bonchev–Trinajstić information content (AvgIpc) is 2.99. The fourth-order valence-electron chi connectivity index (χ4n) is 2.48. The van der Waals surface area contributed by atoms with E-state index < -0.39 is 12.3 Å². The number of nitrogens with zero attached hydrogens (tertiary/aromatic N) is 1. The van der Waals surface area contributed by atoms with E-state index in [1.54, 1.807) is 6.07 Å². The first kappa shape index (κ1) is 23.1. The molecule has 11 heteroatoms. The summed E-state index contributed by atoms with van der Waals surface area (Å²) in [7, 11) is 1.16. The van der Waals surface area contributed by atoms with Gasteiger partial charge in [-0.05, 0) is 42.0 Å². The standard InChI is InChI=1S/C20H12Cl2F3NO4S/c1-29-19(28)16-17(27)15(8-10-2-5-12(6-3-10)30-20(23,24)25)31-18(16)26-11-4-7-13(21)14(22)9-11/h2-9,27H,1H3. The molecule has 3 rings (SSSR count). The molecule has 1 N–H and O–H groups in total. The first-order valence-electron chi connectivity index (χ1n) is 8.39. The van der Waals surface area contributed by atoms with Gasteiger partial charge in [-0.1, -0.05) is 47.1 Å². The second-order valence-electron chi connectivity index (χ2n) is 5.96. The van der Waals surface area contributed by atoms with Gasteiger partial charge in [0.15, 0.2) is 0 Å². The molecule has 0 amide bonds. The van der Waals surface area contributed by atoms with Crippen LogP contribution in [0.15, 0.2) is 63.7 Å². The summed E-state index contributed by atoms with van der Waals surface area (Å²) in [5, 5.41) is 11.3. The van der Waals surface area contributed by atoms with E-state index in [1.807, 2.05) is 0 Å². The lowest BCUT2D eigenvalue weighted by atomic mass is 10.1. The van der Waals surface area contributed by atoms with Gasteiger partial charge in [-0.25, -0.2) is 9.79 Å². The van der Waals surface area contributed by atoms with Gasteiger partial charge in [-0.15, -0.1) is 13.2 Å². The van der Waals surface area contributed by atoms with Gasteiger partial charge < -0.3 is 14.6 Å². The largest absolute Gasteiger partial charge is 0.573 e. The maximum absolute atomic E-state index is 12.3. The van der Waals surface area contributed by atoms with E-state index in [0.717, 1.165) is 31.0 Å². The van der Waals surface area contributed by atoms with Gasteiger partial charge in [0.25, 0.3) is 0 Å². The van der Waals surface area contributed by atoms with E-state index in [9.17, 15) is 23.1 Å². The van der Waals surface area contributed by atoms with Crippen LogP contribution in [-0.2, 0) is 9.53 Å². The number of ether oxygens (including phenoxy) is 2.